The number of halogens is 1. The first kappa shape index (κ1) is 13.8. The fraction of sp³-hybridized carbons (Fsp3) is 0. The Hall–Kier alpha value is -2.64. The lowest BCUT2D eigenvalue weighted by atomic mass is 10.1. The predicted octanol–water partition coefficient (Wildman–Crippen LogP) is 3.28. The summed E-state index contributed by atoms with van der Waals surface area (Å²) in [5.41, 5.74) is 1.34. The van der Waals surface area contributed by atoms with Crippen molar-refractivity contribution in [2.45, 2.75) is 0 Å². The number of hydrogen-bond acceptors (Lipinski definition) is 3. The van der Waals surface area contributed by atoms with E-state index in [9.17, 15) is 4.79 Å². The van der Waals surface area contributed by atoms with Crippen LogP contribution in [0.2, 0.25) is 5.02 Å². The maximum atomic E-state index is 12.0. The van der Waals surface area contributed by atoms with Crippen LogP contribution in [0.4, 0.5) is 5.69 Å². The molecule has 0 aliphatic heterocycles. The van der Waals surface area contributed by atoms with Gasteiger partial charge < -0.3 is 5.32 Å². The number of rotatable bonds is 3. The number of carbonyl (C=O) groups excluding carboxylic acids is 1. The number of nitrogens with one attached hydrogen (secondary N) is 1. The van der Waals surface area contributed by atoms with Gasteiger partial charge in [-0.25, -0.2) is 0 Å². The molecule has 98 valence electrons. The predicted molar refractivity (Wildman–Crippen MR) is 77.9 cm³/mol. The Morgan fingerprint density at radius 1 is 1.20 bits per heavy atom. The molecule has 0 radical (unpaired) electrons. The Bertz CT molecular complexity index is 673. The molecule has 2 aromatic rings. The smallest absolute Gasteiger partial charge is 0.266 e. The molecule has 1 N–H and O–H groups in total. The first-order valence-electron chi connectivity index (χ1n) is 5.78. The summed E-state index contributed by atoms with van der Waals surface area (Å²) >= 11 is 5.76. The van der Waals surface area contributed by atoms with E-state index in [-0.39, 0.29) is 5.57 Å². The van der Waals surface area contributed by atoms with Crippen LogP contribution >= 0.6 is 11.6 Å². The van der Waals surface area contributed by atoms with Crippen LogP contribution in [0, 0.1) is 11.3 Å². The average molecular weight is 284 g/mol. The van der Waals surface area contributed by atoms with Crippen LogP contribution < -0.4 is 5.32 Å². The number of carbonyl (C=O) groups is 1. The van der Waals surface area contributed by atoms with Crippen LogP contribution in [-0.4, -0.2) is 10.9 Å². The van der Waals surface area contributed by atoms with Gasteiger partial charge in [-0.15, -0.1) is 0 Å². The lowest BCUT2D eigenvalue weighted by molar-refractivity contribution is -0.112. The zero-order chi connectivity index (χ0) is 14.4. The summed E-state index contributed by atoms with van der Waals surface area (Å²) in [5.74, 6) is -0.466. The van der Waals surface area contributed by atoms with Crippen LogP contribution in [0.15, 0.2) is 54.4 Å². The summed E-state index contributed by atoms with van der Waals surface area (Å²) in [4.78, 5) is 15.9. The highest BCUT2D eigenvalue weighted by Gasteiger charge is 2.09. The molecule has 0 atom stereocenters. The third-order valence-corrected chi connectivity index (χ3v) is 2.74. The fourth-order valence-corrected chi connectivity index (χ4v) is 1.63. The largest absolute Gasteiger partial charge is 0.321 e. The fourth-order valence-electron chi connectivity index (χ4n) is 1.51. The zero-order valence-electron chi connectivity index (χ0n) is 10.4. The quantitative estimate of drug-likeness (QED) is 0.694. The molecule has 1 heterocycles. The summed E-state index contributed by atoms with van der Waals surface area (Å²) in [6.07, 6.45) is 4.70. The molecule has 0 saturated heterocycles. The number of hydrogen-bond donors (Lipinski definition) is 1. The minimum atomic E-state index is -0.466. The monoisotopic (exact) mass is 283 g/mol. The lowest BCUT2D eigenvalue weighted by Gasteiger charge is -2.04. The van der Waals surface area contributed by atoms with Gasteiger partial charge in [0.2, 0.25) is 0 Å². The molecular weight excluding hydrogens is 274 g/mol. The first-order chi connectivity index (χ1) is 9.69. The molecule has 2 rings (SSSR count). The third-order valence-electron chi connectivity index (χ3n) is 2.48. The lowest BCUT2D eigenvalue weighted by Crippen LogP contribution is -2.13. The Balaban J connectivity index is 2.16. The maximum Gasteiger partial charge on any atom is 0.266 e. The second-order valence-corrected chi connectivity index (χ2v) is 4.35. The van der Waals surface area contributed by atoms with Crippen molar-refractivity contribution in [1.29, 1.82) is 5.26 Å². The van der Waals surface area contributed by atoms with Crippen LogP contribution in [0.25, 0.3) is 6.08 Å². The molecule has 1 aromatic carbocycles. The summed E-state index contributed by atoms with van der Waals surface area (Å²) in [5, 5.41) is 12.3. The van der Waals surface area contributed by atoms with Crippen molar-refractivity contribution in [3.8, 4) is 6.07 Å². The number of aromatic nitrogens is 1. The van der Waals surface area contributed by atoms with Crippen molar-refractivity contribution in [2.75, 3.05) is 5.32 Å². The Morgan fingerprint density at radius 2 is 1.85 bits per heavy atom. The van der Waals surface area contributed by atoms with E-state index < -0.39 is 5.91 Å². The molecule has 0 saturated carbocycles. The van der Waals surface area contributed by atoms with Gasteiger partial charge >= 0.3 is 0 Å². The normalized spacial score (nSPS) is 10.7. The van der Waals surface area contributed by atoms with Gasteiger partial charge in [0, 0.05) is 23.1 Å². The number of nitrogens with zero attached hydrogens (tertiary/aromatic N) is 2. The van der Waals surface area contributed by atoms with E-state index in [0.717, 1.165) is 5.56 Å². The van der Waals surface area contributed by atoms with E-state index in [4.69, 9.17) is 16.9 Å². The highest BCUT2D eigenvalue weighted by Crippen LogP contribution is 2.14. The number of nitriles is 1. The number of amides is 1. The van der Waals surface area contributed by atoms with Gasteiger partial charge in [-0.2, -0.15) is 5.26 Å². The van der Waals surface area contributed by atoms with Crippen molar-refractivity contribution < 1.29 is 4.79 Å². The SMILES string of the molecule is N#CC(=Cc1ccncc1)C(=O)Nc1ccc(Cl)cc1. The van der Waals surface area contributed by atoms with E-state index in [0.29, 0.717) is 10.7 Å². The van der Waals surface area contributed by atoms with Crippen molar-refractivity contribution in [3.05, 3.63) is 65.0 Å². The zero-order valence-corrected chi connectivity index (χ0v) is 11.1. The van der Waals surface area contributed by atoms with Crippen molar-refractivity contribution in [3.63, 3.8) is 0 Å². The molecule has 0 unspecified atom stereocenters. The van der Waals surface area contributed by atoms with Crippen LogP contribution in [0.5, 0.6) is 0 Å². The van der Waals surface area contributed by atoms with Gasteiger partial charge in [-0.1, -0.05) is 11.6 Å². The second-order valence-electron chi connectivity index (χ2n) is 3.91. The number of anilines is 1. The summed E-state index contributed by atoms with van der Waals surface area (Å²) in [6.45, 7) is 0. The van der Waals surface area contributed by atoms with Gasteiger partial charge in [0.15, 0.2) is 0 Å². The minimum absolute atomic E-state index is 0.0196. The Labute approximate surface area is 121 Å². The van der Waals surface area contributed by atoms with E-state index in [1.54, 1.807) is 48.8 Å². The van der Waals surface area contributed by atoms with Gasteiger partial charge in [0.25, 0.3) is 5.91 Å². The van der Waals surface area contributed by atoms with Gasteiger partial charge in [0.05, 0.1) is 0 Å². The van der Waals surface area contributed by atoms with Gasteiger partial charge in [0.1, 0.15) is 11.6 Å². The molecule has 1 aromatic heterocycles. The van der Waals surface area contributed by atoms with E-state index in [2.05, 4.69) is 10.3 Å². The molecule has 1 amide bonds. The van der Waals surface area contributed by atoms with E-state index >= 15 is 0 Å². The summed E-state index contributed by atoms with van der Waals surface area (Å²) < 4.78 is 0. The molecule has 0 fully saturated rings. The van der Waals surface area contributed by atoms with Crippen molar-refractivity contribution in [1.82, 2.24) is 4.98 Å². The van der Waals surface area contributed by atoms with Crippen molar-refractivity contribution in [2.24, 2.45) is 0 Å². The van der Waals surface area contributed by atoms with Gasteiger partial charge in [-0.05, 0) is 48.0 Å². The topological polar surface area (TPSA) is 65.8 Å². The molecule has 5 heteroatoms. The second kappa shape index (κ2) is 6.50. The third kappa shape index (κ3) is 3.67. The highest BCUT2D eigenvalue weighted by atomic mass is 35.5. The molecule has 0 aliphatic rings. The van der Waals surface area contributed by atoms with Crippen LogP contribution in [0.1, 0.15) is 5.56 Å². The minimum Gasteiger partial charge on any atom is -0.321 e. The summed E-state index contributed by atoms with van der Waals surface area (Å²) in [7, 11) is 0. The molecule has 4 nitrogen and oxygen atoms in total. The van der Waals surface area contributed by atoms with Crippen LogP contribution in [0.3, 0.4) is 0 Å². The number of pyridine rings is 1. The van der Waals surface area contributed by atoms with Crippen molar-refractivity contribution >= 4 is 29.3 Å². The van der Waals surface area contributed by atoms with E-state index in [1.165, 1.54) is 6.08 Å². The first-order valence-corrected chi connectivity index (χ1v) is 6.15. The molecular formula is C15H10ClN3O. The Morgan fingerprint density at radius 3 is 2.45 bits per heavy atom. The Kier molecular flexibility index (Phi) is 4.48. The highest BCUT2D eigenvalue weighted by molar-refractivity contribution is 6.30. The number of benzene rings is 1. The maximum absolute atomic E-state index is 12.0. The van der Waals surface area contributed by atoms with Crippen LogP contribution in [-0.2, 0) is 4.79 Å². The molecule has 0 spiro atoms. The van der Waals surface area contributed by atoms with E-state index in [1.807, 2.05) is 6.07 Å². The standard InChI is InChI=1S/C15H10ClN3O/c16-13-1-3-14(4-2-13)19-15(20)12(10-17)9-11-5-7-18-8-6-11/h1-9H,(H,19,20). The molecule has 0 bridgehead atoms. The molecule has 0 aliphatic carbocycles. The average Bonchev–Trinajstić information content (AvgIpc) is 2.48. The molecule has 20 heavy (non-hydrogen) atoms. The summed E-state index contributed by atoms with van der Waals surface area (Å²) in [6, 6.07) is 12.0. The van der Waals surface area contributed by atoms with Gasteiger partial charge in [-0.3, -0.25) is 9.78 Å².